The summed E-state index contributed by atoms with van der Waals surface area (Å²) in [6.07, 6.45) is 8.32. The van der Waals surface area contributed by atoms with Crippen molar-refractivity contribution in [2.24, 2.45) is 5.92 Å². The van der Waals surface area contributed by atoms with Crippen LogP contribution in [-0.4, -0.2) is 86.9 Å². The van der Waals surface area contributed by atoms with E-state index in [-0.39, 0.29) is 0 Å². The predicted molar refractivity (Wildman–Crippen MR) is 141 cm³/mol. The molecule has 1 saturated heterocycles. The summed E-state index contributed by atoms with van der Waals surface area (Å²) in [5.74, 6) is -3.50. The summed E-state index contributed by atoms with van der Waals surface area (Å²) in [7, 11) is 2.33. The van der Waals surface area contributed by atoms with Crippen LogP contribution in [0.3, 0.4) is 0 Å². The van der Waals surface area contributed by atoms with Gasteiger partial charge in [-0.3, -0.25) is 0 Å². The molecule has 38 heavy (non-hydrogen) atoms. The fourth-order valence-electron chi connectivity index (χ4n) is 5.03. The number of carbonyl (C=O) groups is 4. The van der Waals surface area contributed by atoms with E-state index in [1.165, 1.54) is 42.3 Å². The summed E-state index contributed by atoms with van der Waals surface area (Å²) in [5, 5.41) is 36.3. The Labute approximate surface area is 220 Å². The van der Waals surface area contributed by atoms with Crippen molar-refractivity contribution >= 4 is 34.8 Å². The molecule has 1 aromatic heterocycles. The quantitative estimate of drug-likeness (QED) is 0.220. The van der Waals surface area contributed by atoms with Gasteiger partial charge in [0.1, 0.15) is 0 Å². The molecular formula is C27H35N3O8. The molecule has 1 aliphatic heterocycles. The number of likely N-dealkylation sites (N-methyl/N-ethyl adjacent to an activating group) is 1. The number of aliphatic carboxylic acids is 4. The molecule has 0 unspecified atom stereocenters. The first-order chi connectivity index (χ1) is 18.0. The Morgan fingerprint density at radius 2 is 1.58 bits per heavy atom. The number of rotatable bonds is 8. The van der Waals surface area contributed by atoms with Gasteiger partial charge in [-0.15, -0.1) is 0 Å². The largest absolute Gasteiger partial charge is 0.478 e. The Morgan fingerprint density at radius 3 is 2.11 bits per heavy atom. The van der Waals surface area contributed by atoms with Gasteiger partial charge in [0.2, 0.25) is 0 Å². The maximum Gasteiger partial charge on any atom is 0.328 e. The number of hydrogen-bond donors (Lipinski definition) is 6. The minimum Gasteiger partial charge on any atom is -0.478 e. The number of nitrogens with one attached hydrogen (secondary N) is 2. The summed E-state index contributed by atoms with van der Waals surface area (Å²) >= 11 is 0. The number of aromatic amines is 1. The molecule has 1 aliphatic carbocycles. The molecule has 0 amide bonds. The molecule has 206 valence electrons. The molecular weight excluding hydrogens is 494 g/mol. The minimum atomic E-state index is -1.26. The maximum absolute atomic E-state index is 9.55. The van der Waals surface area contributed by atoms with Crippen LogP contribution in [0.4, 0.5) is 0 Å². The zero-order chi connectivity index (χ0) is 28.2. The van der Waals surface area contributed by atoms with Gasteiger partial charge in [-0.1, -0.05) is 19.1 Å². The van der Waals surface area contributed by atoms with E-state index in [2.05, 4.69) is 53.6 Å². The highest BCUT2D eigenvalue weighted by Crippen LogP contribution is 2.44. The molecule has 2 heterocycles. The summed E-state index contributed by atoms with van der Waals surface area (Å²) in [4.78, 5) is 44.3. The van der Waals surface area contributed by atoms with Crippen molar-refractivity contribution in [1.82, 2.24) is 15.2 Å². The zero-order valence-electron chi connectivity index (χ0n) is 21.5. The fourth-order valence-corrected chi connectivity index (χ4v) is 5.03. The number of aromatic nitrogens is 1. The van der Waals surface area contributed by atoms with E-state index >= 15 is 0 Å². The molecule has 0 bridgehead atoms. The first-order valence-electron chi connectivity index (χ1n) is 12.3. The highest BCUT2D eigenvalue weighted by molar-refractivity contribution is 5.90. The van der Waals surface area contributed by atoms with E-state index in [0.29, 0.717) is 36.3 Å². The SMILES string of the molecule is CCNCC[C@@H]1C[C@@H]2c3cccc4[nH]cc(c34)C[C@H]2N(C)C1.O=C(O)/C=C\C(=O)O.O=C(O)/C=C\C(=O)O. The summed E-state index contributed by atoms with van der Waals surface area (Å²) in [5.41, 5.74) is 4.43. The number of nitrogens with zero attached hydrogens (tertiary/aromatic N) is 1. The second-order valence-corrected chi connectivity index (χ2v) is 9.16. The van der Waals surface area contributed by atoms with Crippen LogP contribution >= 0.6 is 0 Å². The molecule has 11 nitrogen and oxygen atoms in total. The van der Waals surface area contributed by atoms with Crippen LogP contribution in [0, 0.1) is 5.92 Å². The van der Waals surface area contributed by atoms with Crippen molar-refractivity contribution in [2.75, 3.05) is 26.7 Å². The Balaban J connectivity index is 0.000000264. The molecule has 4 rings (SSSR count). The second-order valence-electron chi connectivity index (χ2n) is 9.16. The monoisotopic (exact) mass is 529 g/mol. The standard InChI is InChI=1S/C19H27N3.2C4H4O4/c1-3-20-8-7-13-9-16-15-5-4-6-17-19(15)14(11-21-17)10-18(16)22(2)12-13;2*5-3(6)1-2-4(7)8/h4-6,11,13,16,18,20-21H,3,7-10,12H2,1-2H3;2*1-2H,(H,5,6)(H,7,8)/b;2*2-1-/t13-,16-,18-;;/m1../s1. The second kappa shape index (κ2) is 14.7. The third-order valence-electron chi connectivity index (χ3n) is 6.53. The molecule has 6 N–H and O–H groups in total. The molecule has 0 saturated carbocycles. The topological polar surface area (TPSA) is 180 Å². The Kier molecular flexibility index (Phi) is 11.7. The van der Waals surface area contributed by atoms with Gasteiger partial charge < -0.3 is 35.6 Å². The highest BCUT2D eigenvalue weighted by atomic mass is 16.4. The van der Waals surface area contributed by atoms with Gasteiger partial charge in [-0.25, -0.2) is 19.2 Å². The third-order valence-corrected chi connectivity index (χ3v) is 6.53. The first kappa shape index (κ1) is 30.3. The summed E-state index contributed by atoms with van der Waals surface area (Å²) in [6, 6.07) is 7.50. The van der Waals surface area contributed by atoms with E-state index in [1.54, 1.807) is 5.56 Å². The highest BCUT2D eigenvalue weighted by Gasteiger charge is 2.39. The van der Waals surface area contributed by atoms with Crippen LogP contribution in [0.5, 0.6) is 0 Å². The van der Waals surface area contributed by atoms with Crippen LogP contribution in [0.1, 0.15) is 36.8 Å². The van der Waals surface area contributed by atoms with E-state index in [9.17, 15) is 19.2 Å². The molecule has 0 radical (unpaired) electrons. The van der Waals surface area contributed by atoms with E-state index in [0.717, 1.165) is 19.0 Å². The predicted octanol–water partition coefficient (Wildman–Crippen LogP) is 2.55. The molecule has 1 aromatic carbocycles. The normalized spacial score (nSPS) is 20.2. The summed E-state index contributed by atoms with van der Waals surface area (Å²) < 4.78 is 0. The number of likely N-dealkylation sites (tertiary alicyclic amines) is 1. The fraction of sp³-hybridized carbons (Fsp3) is 0.407. The lowest BCUT2D eigenvalue weighted by atomic mass is 9.72. The van der Waals surface area contributed by atoms with Gasteiger partial charge in [0.15, 0.2) is 0 Å². The molecule has 2 aromatic rings. The van der Waals surface area contributed by atoms with Crippen LogP contribution in [0.2, 0.25) is 0 Å². The lowest BCUT2D eigenvalue weighted by Gasteiger charge is -2.45. The van der Waals surface area contributed by atoms with Crippen LogP contribution < -0.4 is 5.32 Å². The van der Waals surface area contributed by atoms with Gasteiger partial charge in [-0.2, -0.15) is 0 Å². The molecule has 2 aliphatic rings. The Morgan fingerprint density at radius 1 is 1.00 bits per heavy atom. The van der Waals surface area contributed by atoms with Crippen molar-refractivity contribution in [2.45, 2.75) is 38.1 Å². The average molecular weight is 530 g/mol. The maximum atomic E-state index is 9.55. The van der Waals surface area contributed by atoms with E-state index in [1.807, 2.05) is 0 Å². The van der Waals surface area contributed by atoms with Gasteiger partial charge in [0.25, 0.3) is 0 Å². The van der Waals surface area contributed by atoms with Crippen LogP contribution in [-0.2, 0) is 25.6 Å². The van der Waals surface area contributed by atoms with Gasteiger partial charge in [0.05, 0.1) is 0 Å². The number of benzene rings is 1. The molecule has 11 heteroatoms. The van der Waals surface area contributed by atoms with Gasteiger partial charge in [-0.05, 0) is 62.5 Å². The van der Waals surface area contributed by atoms with Crippen molar-refractivity contribution < 1.29 is 39.6 Å². The van der Waals surface area contributed by atoms with Crippen molar-refractivity contribution in [3.8, 4) is 0 Å². The number of fused-ring (bicyclic) bond motifs is 2. The van der Waals surface area contributed by atoms with Crippen molar-refractivity contribution in [3.05, 3.63) is 59.8 Å². The zero-order valence-corrected chi connectivity index (χ0v) is 21.5. The average Bonchev–Trinajstić information content (AvgIpc) is 3.27. The molecule has 0 spiro atoms. The number of hydrogen-bond acceptors (Lipinski definition) is 6. The van der Waals surface area contributed by atoms with E-state index < -0.39 is 23.9 Å². The van der Waals surface area contributed by atoms with Crippen LogP contribution in [0.25, 0.3) is 10.9 Å². The van der Waals surface area contributed by atoms with Crippen molar-refractivity contribution in [3.63, 3.8) is 0 Å². The molecule has 1 fully saturated rings. The number of carboxylic acid groups (broad SMARTS) is 4. The van der Waals surface area contributed by atoms with Crippen LogP contribution in [0.15, 0.2) is 48.7 Å². The summed E-state index contributed by atoms with van der Waals surface area (Å²) in [6.45, 7) is 5.69. The lowest BCUT2D eigenvalue weighted by Crippen LogP contribution is -2.48. The lowest BCUT2D eigenvalue weighted by molar-refractivity contribution is -0.134. The van der Waals surface area contributed by atoms with Gasteiger partial charge >= 0.3 is 23.9 Å². The van der Waals surface area contributed by atoms with Gasteiger partial charge in [0, 0.05) is 59.9 Å². The minimum absolute atomic E-state index is 0.558. The van der Waals surface area contributed by atoms with Crippen molar-refractivity contribution in [1.29, 1.82) is 0 Å². The molecule has 3 atom stereocenters. The third kappa shape index (κ3) is 9.16. The first-order valence-corrected chi connectivity index (χ1v) is 12.3. The number of carboxylic acids is 4. The Bertz CT molecular complexity index is 1120. The number of piperidine rings is 1. The Hall–Kier alpha value is -3.96. The smallest absolute Gasteiger partial charge is 0.328 e. The number of H-pyrrole nitrogens is 1. The van der Waals surface area contributed by atoms with E-state index in [4.69, 9.17) is 20.4 Å².